The van der Waals surface area contributed by atoms with E-state index in [1.54, 1.807) is 11.8 Å². The Balaban J connectivity index is 1.48. The number of rotatable bonds is 8. The molecular weight excluding hydrogens is 352 g/mol. The number of thioether (sulfide) groups is 1. The number of nitrogens with zero attached hydrogens (tertiary/aromatic N) is 1. The molecule has 1 amide bonds. The monoisotopic (exact) mass is 372 g/mol. The van der Waals surface area contributed by atoms with Crippen LogP contribution in [0.2, 0.25) is 0 Å². The number of amides is 1. The van der Waals surface area contributed by atoms with Crippen molar-refractivity contribution in [2.24, 2.45) is 0 Å². The minimum absolute atomic E-state index is 0.0118. The fraction of sp³-hybridized carbons (Fsp3) is 0.263. The number of hydrogen-bond donors (Lipinski definition) is 1. The van der Waals surface area contributed by atoms with Crippen molar-refractivity contribution >= 4 is 44.4 Å². The van der Waals surface area contributed by atoms with Gasteiger partial charge in [0, 0.05) is 11.3 Å². The number of ether oxygens (including phenoxy) is 1. The molecule has 0 aliphatic rings. The molecule has 4 nitrogen and oxygen atoms in total. The highest BCUT2D eigenvalue weighted by Crippen LogP contribution is 2.29. The number of nitrogens with one attached hydrogen (secondary N) is 1. The highest BCUT2D eigenvalue weighted by Gasteiger charge is 2.09. The highest BCUT2D eigenvalue weighted by atomic mass is 32.2. The van der Waals surface area contributed by atoms with Crippen LogP contribution in [0.25, 0.3) is 10.2 Å². The van der Waals surface area contributed by atoms with E-state index in [0.717, 1.165) is 28.1 Å². The van der Waals surface area contributed by atoms with Crippen LogP contribution in [0, 0.1) is 0 Å². The Kier molecular flexibility index (Phi) is 6.30. The second kappa shape index (κ2) is 8.87. The predicted octanol–water partition coefficient (Wildman–Crippen LogP) is 5.21. The van der Waals surface area contributed by atoms with Gasteiger partial charge >= 0.3 is 0 Å². The van der Waals surface area contributed by atoms with Crippen molar-refractivity contribution in [1.29, 1.82) is 0 Å². The Morgan fingerprint density at radius 1 is 1.24 bits per heavy atom. The van der Waals surface area contributed by atoms with E-state index < -0.39 is 0 Å². The molecular formula is C19H20N2O2S2. The van der Waals surface area contributed by atoms with Crippen LogP contribution < -0.4 is 10.1 Å². The maximum absolute atomic E-state index is 12.1. The summed E-state index contributed by atoms with van der Waals surface area (Å²) in [6, 6.07) is 16.0. The van der Waals surface area contributed by atoms with Gasteiger partial charge in [0.25, 0.3) is 0 Å². The van der Waals surface area contributed by atoms with Gasteiger partial charge in [-0.15, -0.1) is 11.8 Å². The molecule has 25 heavy (non-hydrogen) atoms. The Labute approximate surface area is 155 Å². The van der Waals surface area contributed by atoms with Gasteiger partial charge in [0.1, 0.15) is 5.75 Å². The van der Waals surface area contributed by atoms with Crippen LogP contribution in [0.15, 0.2) is 53.4 Å². The van der Waals surface area contributed by atoms with E-state index >= 15 is 0 Å². The largest absolute Gasteiger partial charge is 0.494 e. The molecule has 1 N–H and O–H groups in total. The predicted molar refractivity (Wildman–Crippen MR) is 106 cm³/mol. The summed E-state index contributed by atoms with van der Waals surface area (Å²) in [5.74, 6) is 1.77. The van der Waals surface area contributed by atoms with Crippen LogP contribution in [-0.2, 0) is 4.79 Å². The van der Waals surface area contributed by atoms with E-state index in [0.29, 0.717) is 18.2 Å². The molecule has 0 saturated carbocycles. The van der Waals surface area contributed by atoms with E-state index in [2.05, 4.69) is 22.4 Å². The molecule has 1 aromatic heterocycles. The lowest BCUT2D eigenvalue weighted by Crippen LogP contribution is -2.11. The topological polar surface area (TPSA) is 51.2 Å². The molecule has 3 aromatic rings. The first-order valence-electron chi connectivity index (χ1n) is 8.25. The maximum Gasteiger partial charge on any atom is 0.226 e. The van der Waals surface area contributed by atoms with E-state index in [1.165, 1.54) is 16.2 Å². The lowest BCUT2D eigenvalue weighted by atomic mass is 10.3. The summed E-state index contributed by atoms with van der Waals surface area (Å²) in [6.45, 7) is 2.59. The van der Waals surface area contributed by atoms with Gasteiger partial charge in [0.05, 0.1) is 16.8 Å². The first-order valence-corrected chi connectivity index (χ1v) is 10.1. The first kappa shape index (κ1) is 17.8. The molecule has 0 saturated heterocycles. The average Bonchev–Trinajstić information content (AvgIpc) is 3.01. The first-order chi connectivity index (χ1) is 12.2. The van der Waals surface area contributed by atoms with Gasteiger partial charge in [-0.2, -0.15) is 0 Å². The second-order valence-corrected chi connectivity index (χ2v) is 7.59. The molecule has 0 bridgehead atoms. The summed E-state index contributed by atoms with van der Waals surface area (Å²) in [5, 5.41) is 3.54. The van der Waals surface area contributed by atoms with Crippen molar-refractivity contribution in [2.75, 3.05) is 17.7 Å². The molecule has 130 valence electrons. The average molecular weight is 373 g/mol. The van der Waals surface area contributed by atoms with Gasteiger partial charge < -0.3 is 10.1 Å². The smallest absolute Gasteiger partial charge is 0.226 e. The molecule has 0 spiro atoms. The Morgan fingerprint density at radius 3 is 2.88 bits per heavy atom. The number of aromatic nitrogens is 1. The number of hydrogen-bond acceptors (Lipinski definition) is 5. The molecule has 0 atom stereocenters. The van der Waals surface area contributed by atoms with E-state index in [4.69, 9.17) is 4.74 Å². The van der Waals surface area contributed by atoms with Crippen molar-refractivity contribution in [2.45, 2.75) is 24.7 Å². The number of carbonyl (C=O) groups is 1. The number of fused-ring (bicyclic) bond motifs is 1. The number of benzene rings is 2. The molecule has 3 rings (SSSR count). The van der Waals surface area contributed by atoms with Crippen molar-refractivity contribution < 1.29 is 9.53 Å². The van der Waals surface area contributed by atoms with E-state index in [-0.39, 0.29) is 5.91 Å². The third kappa shape index (κ3) is 5.21. The Bertz CT molecular complexity index is 834. The van der Waals surface area contributed by atoms with Gasteiger partial charge in [-0.1, -0.05) is 29.5 Å². The molecule has 0 unspecified atom stereocenters. The third-order valence-electron chi connectivity index (χ3n) is 3.48. The molecule has 2 aromatic carbocycles. The fourth-order valence-corrected chi connectivity index (χ4v) is 4.12. The van der Waals surface area contributed by atoms with Crippen molar-refractivity contribution in [3.05, 3.63) is 48.5 Å². The maximum atomic E-state index is 12.1. The van der Waals surface area contributed by atoms with Crippen molar-refractivity contribution in [3.8, 4) is 5.75 Å². The molecule has 0 fully saturated rings. The molecule has 0 aliphatic carbocycles. The zero-order valence-electron chi connectivity index (χ0n) is 14.0. The Morgan fingerprint density at radius 2 is 2.08 bits per heavy atom. The zero-order chi connectivity index (χ0) is 17.5. The van der Waals surface area contributed by atoms with Gasteiger partial charge in [-0.3, -0.25) is 4.79 Å². The van der Waals surface area contributed by atoms with Gasteiger partial charge in [-0.05, 0) is 49.4 Å². The van der Waals surface area contributed by atoms with Crippen LogP contribution in [0.5, 0.6) is 5.75 Å². The lowest BCUT2D eigenvalue weighted by molar-refractivity contribution is -0.116. The molecule has 0 aliphatic heterocycles. The summed E-state index contributed by atoms with van der Waals surface area (Å²) in [5.41, 5.74) is 0.878. The molecule has 0 radical (unpaired) electrons. The summed E-state index contributed by atoms with van der Waals surface area (Å²) in [7, 11) is 0. The third-order valence-corrected chi connectivity index (χ3v) is 5.51. The summed E-state index contributed by atoms with van der Waals surface area (Å²) in [6.07, 6.45) is 1.34. The van der Waals surface area contributed by atoms with Crippen LogP contribution in [0.1, 0.15) is 19.8 Å². The summed E-state index contributed by atoms with van der Waals surface area (Å²) in [4.78, 5) is 17.8. The molecule has 1 heterocycles. The second-order valence-electron chi connectivity index (χ2n) is 5.39. The van der Waals surface area contributed by atoms with E-state index in [1.807, 2.05) is 43.3 Å². The summed E-state index contributed by atoms with van der Waals surface area (Å²) >= 11 is 3.25. The molecule has 6 heteroatoms. The van der Waals surface area contributed by atoms with Gasteiger partial charge in [-0.25, -0.2) is 4.98 Å². The van der Waals surface area contributed by atoms with Gasteiger partial charge in [0.2, 0.25) is 5.91 Å². The van der Waals surface area contributed by atoms with Crippen LogP contribution in [0.4, 0.5) is 5.13 Å². The van der Waals surface area contributed by atoms with Crippen LogP contribution >= 0.6 is 23.1 Å². The SMILES string of the molecule is CCOc1ccc2nc(NC(=O)CCCSc3ccccc3)sc2c1. The van der Waals surface area contributed by atoms with Crippen LogP contribution in [0.3, 0.4) is 0 Å². The normalized spacial score (nSPS) is 10.8. The van der Waals surface area contributed by atoms with Crippen LogP contribution in [-0.4, -0.2) is 23.3 Å². The number of thiazole rings is 1. The van der Waals surface area contributed by atoms with E-state index in [9.17, 15) is 4.79 Å². The minimum Gasteiger partial charge on any atom is -0.494 e. The number of anilines is 1. The fourth-order valence-electron chi connectivity index (χ4n) is 2.34. The lowest BCUT2D eigenvalue weighted by Gasteiger charge is -2.02. The summed E-state index contributed by atoms with van der Waals surface area (Å²) < 4.78 is 6.51. The zero-order valence-corrected chi connectivity index (χ0v) is 15.7. The quantitative estimate of drug-likeness (QED) is 0.436. The highest BCUT2D eigenvalue weighted by molar-refractivity contribution is 7.99. The van der Waals surface area contributed by atoms with Gasteiger partial charge in [0.15, 0.2) is 5.13 Å². The Hall–Kier alpha value is -2.05. The van der Waals surface area contributed by atoms with Crippen molar-refractivity contribution in [1.82, 2.24) is 4.98 Å². The van der Waals surface area contributed by atoms with Crippen molar-refractivity contribution in [3.63, 3.8) is 0 Å². The standard InChI is InChI=1S/C19H20N2O2S2/c1-2-23-14-10-11-16-17(13-14)25-19(20-16)21-18(22)9-6-12-24-15-7-4-3-5-8-15/h3-5,7-8,10-11,13H,2,6,9,12H2,1H3,(H,20,21,22). The number of carbonyl (C=O) groups excluding carboxylic acids is 1. The minimum atomic E-state index is 0.0118.